The Kier molecular flexibility index (Phi) is 8.44. The van der Waals surface area contributed by atoms with Crippen LogP contribution in [0.1, 0.15) is 72.0 Å². The monoisotopic (exact) mass is 559 g/mol. The van der Waals surface area contributed by atoms with Gasteiger partial charge in [0, 0.05) is 28.8 Å². The number of Topliss-reactive ketones (excluding diaryl/α,β-unsaturated/α-hetero) is 1. The molecule has 0 unspecified atom stereocenters. The van der Waals surface area contributed by atoms with Gasteiger partial charge in [0.2, 0.25) is 0 Å². The van der Waals surface area contributed by atoms with Gasteiger partial charge in [-0.3, -0.25) is 9.79 Å². The molecule has 1 spiro atoms. The zero-order valence-electron chi connectivity index (χ0n) is 22.7. The Balaban J connectivity index is 1.36. The highest BCUT2D eigenvalue weighted by Gasteiger charge is 2.50. The lowest BCUT2D eigenvalue weighted by Gasteiger charge is -2.46. The van der Waals surface area contributed by atoms with E-state index in [-0.39, 0.29) is 23.1 Å². The van der Waals surface area contributed by atoms with Crippen molar-refractivity contribution in [3.8, 4) is 27.3 Å². The maximum Gasteiger partial charge on any atom is 0.188 e. The first-order chi connectivity index (χ1) is 18.9. The van der Waals surface area contributed by atoms with E-state index in [0.29, 0.717) is 17.7 Å². The van der Waals surface area contributed by atoms with E-state index in [0.717, 1.165) is 58.7 Å². The number of nitrogens with two attached hydrogens (primary N) is 1. The van der Waals surface area contributed by atoms with Gasteiger partial charge in [0.15, 0.2) is 11.7 Å². The summed E-state index contributed by atoms with van der Waals surface area (Å²) in [6, 6.07) is 15.9. The lowest BCUT2D eigenvalue weighted by atomic mass is 9.59. The molecule has 204 valence electrons. The van der Waals surface area contributed by atoms with E-state index >= 15 is 0 Å². The molecule has 0 radical (unpaired) electrons. The van der Waals surface area contributed by atoms with Crippen LogP contribution in [0.5, 0.6) is 5.75 Å². The molecule has 2 aliphatic rings. The molecular weight excluding hydrogens is 523 g/mol. The van der Waals surface area contributed by atoms with Crippen LogP contribution >= 0.6 is 22.7 Å². The number of aromatic hydroxyl groups is 1. The zero-order valence-corrected chi connectivity index (χ0v) is 24.3. The van der Waals surface area contributed by atoms with Gasteiger partial charge in [-0.2, -0.15) is 0 Å². The lowest BCUT2D eigenvalue weighted by molar-refractivity contribution is 0.0411. The molecule has 7 heteroatoms. The van der Waals surface area contributed by atoms with Crippen molar-refractivity contribution in [2.45, 2.75) is 64.3 Å². The second kappa shape index (κ2) is 12.0. The summed E-state index contributed by atoms with van der Waals surface area (Å²) in [6.07, 6.45) is 8.22. The number of carbonyl (C=O) groups is 1. The number of guanidine groups is 1. The molecule has 2 aliphatic carbocycles. The van der Waals surface area contributed by atoms with Crippen molar-refractivity contribution in [3.05, 3.63) is 63.8 Å². The molecule has 3 aromatic rings. The Morgan fingerprint density at radius 3 is 2.67 bits per heavy atom. The number of thiophene rings is 2. The molecule has 3 atom stereocenters. The molecule has 0 saturated heterocycles. The van der Waals surface area contributed by atoms with Gasteiger partial charge in [-0.1, -0.05) is 30.9 Å². The third-order valence-corrected chi connectivity index (χ3v) is 10.9. The lowest BCUT2D eigenvalue weighted by Crippen LogP contribution is -2.50. The molecule has 0 aliphatic heterocycles. The molecule has 1 aromatic carbocycles. The Labute approximate surface area is 239 Å². The molecule has 5 nitrogen and oxygen atoms in total. The SMILES string of the molecule is CC#Cc1ccc(-c2ccc(C(=O)[C@H]3CC[C@H]([C@@H](Cc4cccc(O)c4)NC(N)=NC)CC34CCCC4)s2)s1. The third kappa shape index (κ3) is 6.08. The topological polar surface area (TPSA) is 87.7 Å². The van der Waals surface area contributed by atoms with Crippen molar-refractivity contribution in [1.82, 2.24) is 5.32 Å². The second-order valence-electron chi connectivity index (χ2n) is 11.0. The van der Waals surface area contributed by atoms with Crippen molar-refractivity contribution in [3.63, 3.8) is 0 Å². The van der Waals surface area contributed by atoms with Gasteiger partial charge in [0.25, 0.3) is 0 Å². The molecular formula is C32H37N3O2S2. The largest absolute Gasteiger partial charge is 0.508 e. The van der Waals surface area contributed by atoms with E-state index in [1.165, 1.54) is 17.7 Å². The quantitative estimate of drug-likeness (QED) is 0.128. The number of ketones is 1. The summed E-state index contributed by atoms with van der Waals surface area (Å²) >= 11 is 3.31. The van der Waals surface area contributed by atoms with Crippen LogP contribution in [-0.4, -0.2) is 29.9 Å². The van der Waals surface area contributed by atoms with Gasteiger partial charge in [-0.05, 0) is 98.7 Å². The fourth-order valence-corrected chi connectivity index (χ4v) is 8.80. The highest BCUT2D eigenvalue weighted by molar-refractivity contribution is 7.23. The Hall–Kier alpha value is -3.08. The fourth-order valence-electron chi connectivity index (χ4n) is 6.80. The molecule has 5 rings (SSSR count). The van der Waals surface area contributed by atoms with Crippen molar-refractivity contribution in [2.75, 3.05) is 7.05 Å². The molecule has 2 fully saturated rings. The summed E-state index contributed by atoms with van der Waals surface area (Å²) in [6.45, 7) is 1.85. The van der Waals surface area contributed by atoms with Crippen LogP contribution in [0.2, 0.25) is 0 Å². The van der Waals surface area contributed by atoms with Crippen molar-refractivity contribution < 1.29 is 9.90 Å². The van der Waals surface area contributed by atoms with Gasteiger partial charge in [0.1, 0.15) is 5.75 Å². The van der Waals surface area contributed by atoms with E-state index in [1.54, 1.807) is 35.8 Å². The first-order valence-corrected chi connectivity index (χ1v) is 15.5. The smallest absolute Gasteiger partial charge is 0.188 e. The van der Waals surface area contributed by atoms with Crippen LogP contribution in [0.4, 0.5) is 0 Å². The first-order valence-electron chi connectivity index (χ1n) is 13.8. The number of nitrogens with zero attached hydrogens (tertiary/aromatic N) is 1. The number of benzene rings is 1. The highest BCUT2D eigenvalue weighted by Crippen LogP contribution is 2.56. The number of carbonyl (C=O) groups excluding carboxylic acids is 1. The van der Waals surface area contributed by atoms with Crippen molar-refractivity contribution in [1.29, 1.82) is 0 Å². The van der Waals surface area contributed by atoms with E-state index in [2.05, 4.69) is 40.3 Å². The summed E-state index contributed by atoms with van der Waals surface area (Å²) in [7, 11) is 1.70. The van der Waals surface area contributed by atoms with Crippen LogP contribution in [0.3, 0.4) is 0 Å². The number of rotatable bonds is 7. The Morgan fingerprint density at radius 1 is 1.15 bits per heavy atom. The van der Waals surface area contributed by atoms with Crippen molar-refractivity contribution in [2.24, 2.45) is 28.0 Å². The number of phenols is 1. The minimum absolute atomic E-state index is 0.0356. The second-order valence-corrected chi connectivity index (χ2v) is 13.1. The van der Waals surface area contributed by atoms with Gasteiger partial charge in [0.05, 0.1) is 9.75 Å². The van der Waals surface area contributed by atoms with Crippen LogP contribution in [0, 0.1) is 29.1 Å². The Morgan fingerprint density at radius 2 is 1.92 bits per heavy atom. The van der Waals surface area contributed by atoms with E-state index in [9.17, 15) is 9.90 Å². The van der Waals surface area contributed by atoms with Crippen LogP contribution in [0.25, 0.3) is 9.75 Å². The summed E-state index contributed by atoms with van der Waals surface area (Å²) in [4.78, 5) is 22.5. The third-order valence-electron chi connectivity index (χ3n) is 8.61. The van der Waals surface area contributed by atoms with Crippen LogP contribution < -0.4 is 11.1 Å². The average Bonchev–Trinajstić information content (AvgIpc) is 3.70. The molecule has 4 N–H and O–H groups in total. The number of hydrogen-bond donors (Lipinski definition) is 3. The average molecular weight is 560 g/mol. The van der Waals surface area contributed by atoms with Gasteiger partial charge in [-0.15, -0.1) is 28.6 Å². The molecule has 2 aromatic heterocycles. The fraction of sp³-hybridized carbons (Fsp3) is 0.438. The minimum Gasteiger partial charge on any atom is -0.508 e. The van der Waals surface area contributed by atoms with Gasteiger partial charge < -0.3 is 16.2 Å². The van der Waals surface area contributed by atoms with E-state index in [1.807, 2.05) is 31.2 Å². The van der Waals surface area contributed by atoms with Crippen LogP contribution in [-0.2, 0) is 6.42 Å². The number of aliphatic imine (C=N–C) groups is 1. The summed E-state index contributed by atoms with van der Waals surface area (Å²) in [5.74, 6) is 7.57. The summed E-state index contributed by atoms with van der Waals surface area (Å²) in [5, 5.41) is 13.5. The summed E-state index contributed by atoms with van der Waals surface area (Å²) in [5.41, 5.74) is 7.27. The zero-order chi connectivity index (χ0) is 27.4. The first kappa shape index (κ1) is 27.5. The number of phenolic OH excluding ortho intramolecular Hbond substituents is 1. The standard InChI is InChI=1S/C32H37N3O2S2/c1-3-7-24-11-13-27(38-24)28-14-15-29(39-28)30(37)25-12-10-22(20-32(25)16-4-5-17-32)26(35-31(33)34-2)19-21-8-6-9-23(36)18-21/h6,8-9,11,13-15,18,22,25-26,36H,4-5,10,12,16-17,19-20H2,1-2H3,(H3,33,34,35)/t22-,25+,26+/m0/s1. The molecule has 0 amide bonds. The molecule has 0 bridgehead atoms. The maximum absolute atomic E-state index is 14.1. The normalized spacial score (nSPS) is 21.3. The minimum atomic E-state index is 0.0356. The van der Waals surface area contributed by atoms with Gasteiger partial charge >= 0.3 is 0 Å². The van der Waals surface area contributed by atoms with Crippen LogP contribution in [0.15, 0.2) is 53.5 Å². The predicted molar refractivity (Wildman–Crippen MR) is 163 cm³/mol. The van der Waals surface area contributed by atoms with E-state index < -0.39 is 0 Å². The predicted octanol–water partition coefficient (Wildman–Crippen LogP) is 6.86. The number of hydrogen-bond acceptors (Lipinski definition) is 5. The molecule has 39 heavy (non-hydrogen) atoms. The Bertz CT molecular complexity index is 1400. The highest BCUT2D eigenvalue weighted by atomic mass is 32.1. The number of nitrogens with one attached hydrogen (secondary N) is 1. The molecule has 2 saturated carbocycles. The maximum atomic E-state index is 14.1. The van der Waals surface area contributed by atoms with Gasteiger partial charge in [-0.25, -0.2) is 0 Å². The van der Waals surface area contributed by atoms with Crippen molar-refractivity contribution >= 4 is 34.4 Å². The summed E-state index contributed by atoms with van der Waals surface area (Å²) < 4.78 is 0. The van der Waals surface area contributed by atoms with E-state index in [4.69, 9.17) is 5.73 Å². The molecule has 2 heterocycles.